The number of aliphatic hydroxyl groups is 1. The van der Waals surface area contributed by atoms with Gasteiger partial charge in [-0.2, -0.15) is 4.98 Å². The van der Waals surface area contributed by atoms with E-state index in [-0.39, 0.29) is 12.1 Å². The van der Waals surface area contributed by atoms with Gasteiger partial charge in [-0.05, 0) is 37.5 Å². The molecule has 25 heavy (non-hydrogen) atoms. The zero-order valence-electron chi connectivity index (χ0n) is 14.6. The summed E-state index contributed by atoms with van der Waals surface area (Å²) in [5.74, 6) is 2.00. The van der Waals surface area contributed by atoms with Gasteiger partial charge in [0.1, 0.15) is 11.6 Å². The molecule has 2 bridgehead atoms. The van der Waals surface area contributed by atoms with E-state index < -0.39 is 5.60 Å². The highest BCUT2D eigenvalue weighted by Gasteiger charge is 2.48. The second-order valence-electron chi connectivity index (χ2n) is 7.19. The zero-order valence-corrected chi connectivity index (χ0v) is 14.6. The zero-order chi connectivity index (χ0) is 17.6. The number of nitrogens with zero attached hydrogens (tertiary/aromatic N) is 3. The van der Waals surface area contributed by atoms with Gasteiger partial charge in [0.05, 0.1) is 12.7 Å². The highest BCUT2D eigenvalue weighted by molar-refractivity contribution is 5.48. The summed E-state index contributed by atoms with van der Waals surface area (Å²) in [6.45, 7) is 1.93. The molecule has 0 radical (unpaired) electrons. The highest BCUT2D eigenvalue weighted by Crippen LogP contribution is 2.47. The Morgan fingerprint density at radius 2 is 1.80 bits per heavy atom. The Labute approximate surface area is 147 Å². The summed E-state index contributed by atoms with van der Waals surface area (Å²) in [6.07, 6.45) is 3.51. The highest BCUT2D eigenvalue weighted by atomic mass is 16.5. The van der Waals surface area contributed by atoms with Crippen LogP contribution in [-0.4, -0.2) is 34.3 Å². The quantitative estimate of drug-likeness (QED) is 0.892. The van der Waals surface area contributed by atoms with E-state index in [1.807, 2.05) is 37.3 Å². The van der Waals surface area contributed by atoms with E-state index in [2.05, 4.69) is 14.9 Å². The summed E-state index contributed by atoms with van der Waals surface area (Å²) in [5, 5.41) is 11.3. The van der Waals surface area contributed by atoms with Crippen molar-refractivity contribution in [2.24, 2.45) is 0 Å². The number of methoxy groups -OCH3 is 1. The predicted octanol–water partition coefficient (Wildman–Crippen LogP) is 2.39. The number of hydrogen-bond acceptors (Lipinski definition) is 6. The summed E-state index contributed by atoms with van der Waals surface area (Å²) >= 11 is 0. The third-order valence-corrected chi connectivity index (χ3v) is 5.52. The summed E-state index contributed by atoms with van der Waals surface area (Å²) in [5.41, 5.74) is 6.87. The van der Waals surface area contributed by atoms with Crippen LogP contribution in [0.5, 0.6) is 5.75 Å². The molecule has 2 saturated heterocycles. The van der Waals surface area contributed by atoms with Crippen molar-refractivity contribution in [3.63, 3.8) is 0 Å². The number of nitrogens with two attached hydrogens (primary N) is 1. The molecule has 0 saturated carbocycles. The molecular weight excluding hydrogens is 316 g/mol. The van der Waals surface area contributed by atoms with Crippen LogP contribution in [0.1, 0.15) is 36.9 Å². The lowest BCUT2D eigenvalue weighted by Crippen LogP contribution is -2.50. The molecule has 6 nitrogen and oxygen atoms in total. The van der Waals surface area contributed by atoms with E-state index in [4.69, 9.17) is 10.5 Å². The van der Waals surface area contributed by atoms with Crippen molar-refractivity contribution >= 4 is 11.8 Å². The van der Waals surface area contributed by atoms with Gasteiger partial charge in [0.2, 0.25) is 5.95 Å². The fourth-order valence-corrected chi connectivity index (χ4v) is 4.44. The van der Waals surface area contributed by atoms with Gasteiger partial charge in [0.25, 0.3) is 0 Å². The van der Waals surface area contributed by atoms with Crippen LogP contribution in [0.25, 0.3) is 0 Å². The second-order valence-corrected chi connectivity index (χ2v) is 7.19. The molecule has 2 atom stereocenters. The number of nitrogen functional groups attached to an aromatic ring is 1. The van der Waals surface area contributed by atoms with E-state index in [1.165, 1.54) is 0 Å². The Morgan fingerprint density at radius 3 is 2.36 bits per heavy atom. The maximum atomic E-state index is 11.3. The van der Waals surface area contributed by atoms with Gasteiger partial charge < -0.3 is 20.5 Å². The fourth-order valence-electron chi connectivity index (χ4n) is 4.44. The summed E-state index contributed by atoms with van der Waals surface area (Å²) in [7, 11) is 1.65. The normalized spacial score (nSPS) is 28.2. The first-order valence-electron chi connectivity index (χ1n) is 8.75. The van der Waals surface area contributed by atoms with Crippen LogP contribution >= 0.6 is 0 Å². The molecule has 1 aromatic carbocycles. The molecule has 2 aromatic rings. The average molecular weight is 340 g/mol. The molecule has 0 spiro atoms. The van der Waals surface area contributed by atoms with Gasteiger partial charge in [-0.25, -0.2) is 4.98 Å². The number of aromatic nitrogens is 2. The van der Waals surface area contributed by atoms with Gasteiger partial charge >= 0.3 is 0 Å². The predicted molar refractivity (Wildman–Crippen MR) is 96.6 cm³/mol. The number of hydrogen-bond donors (Lipinski definition) is 2. The first-order chi connectivity index (χ1) is 12.0. The number of benzene rings is 1. The second kappa shape index (κ2) is 5.88. The van der Waals surface area contributed by atoms with Crippen molar-refractivity contribution in [2.75, 3.05) is 17.7 Å². The van der Waals surface area contributed by atoms with Gasteiger partial charge in [0.15, 0.2) is 0 Å². The number of piperidine rings is 1. The van der Waals surface area contributed by atoms with Crippen LogP contribution in [0.3, 0.4) is 0 Å². The van der Waals surface area contributed by atoms with Gasteiger partial charge in [0, 0.05) is 36.7 Å². The van der Waals surface area contributed by atoms with Crippen LogP contribution in [0.2, 0.25) is 0 Å². The molecule has 2 fully saturated rings. The first-order valence-corrected chi connectivity index (χ1v) is 8.75. The monoisotopic (exact) mass is 340 g/mol. The van der Waals surface area contributed by atoms with Crippen molar-refractivity contribution < 1.29 is 9.84 Å². The molecule has 0 amide bonds. The van der Waals surface area contributed by atoms with Crippen molar-refractivity contribution in [2.45, 2.75) is 50.3 Å². The molecule has 2 aliphatic rings. The molecule has 1 aromatic heterocycles. The Hall–Kier alpha value is -2.34. The topological polar surface area (TPSA) is 84.5 Å². The van der Waals surface area contributed by atoms with E-state index in [0.29, 0.717) is 18.8 Å². The lowest BCUT2D eigenvalue weighted by Gasteiger charge is -2.44. The van der Waals surface area contributed by atoms with Crippen molar-refractivity contribution in [1.29, 1.82) is 0 Å². The molecule has 4 rings (SSSR count). The first kappa shape index (κ1) is 16.1. The lowest BCUT2D eigenvalue weighted by molar-refractivity contribution is -0.00321. The minimum atomic E-state index is -0.803. The van der Waals surface area contributed by atoms with Crippen molar-refractivity contribution in [3.05, 3.63) is 41.6 Å². The number of anilines is 2. The fraction of sp³-hybridized carbons (Fsp3) is 0.474. The summed E-state index contributed by atoms with van der Waals surface area (Å²) in [6, 6.07) is 10.3. The van der Waals surface area contributed by atoms with E-state index >= 15 is 0 Å². The average Bonchev–Trinajstić information content (AvgIpc) is 2.86. The van der Waals surface area contributed by atoms with Crippen molar-refractivity contribution in [1.82, 2.24) is 9.97 Å². The van der Waals surface area contributed by atoms with Crippen LogP contribution < -0.4 is 15.4 Å². The Balaban J connectivity index is 1.62. The standard InChI is InChI=1S/C19H24N4O2/c1-12-9-17(22-18(20)21-12)23-14-5-6-15(23)11-19(24,10-14)13-3-7-16(25-2)8-4-13/h3-4,7-9,14-15,24H,5-6,10-11H2,1-2H3,(H2,20,21,22). The maximum Gasteiger partial charge on any atom is 0.222 e. The number of rotatable bonds is 3. The molecule has 3 heterocycles. The SMILES string of the molecule is COc1ccc(C2(O)CC3CCC(C2)N3c2cc(C)nc(N)n2)cc1. The molecule has 2 aliphatic heterocycles. The largest absolute Gasteiger partial charge is 0.497 e. The smallest absolute Gasteiger partial charge is 0.222 e. The lowest BCUT2D eigenvalue weighted by atomic mass is 9.80. The van der Waals surface area contributed by atoms with Gasteiger partial charge in [-0.1, -0.05) is 12.1 Å². The molecule has 3 N–H and O–H groups in total. The minimum absolute atomic E-state index is 0.263. The van der Waals surface area contributed by atoms with E-state index in [1.54, 1.807) is 7.11 Å². The summed E-state index contributed by atoms with van der Waals surface area (Å²) in [4.78, 5) is 10.9. The Morgan fingerprint density at radius 1 is 1.16 bits per heavy atom. The van der Waals surface area contributed by atoms with Crippen LogP contribution in [0, 0.1) is 6.92 Å². The molecular formula is C19H24N4O2. The van der Waals surface area contributed by atoms with E-state index in [0.717, 1.165) is 35.7 Å². The minimum Gasteiger partial charge on any atom is -0.497 e. The van der Waals surface area contributed by atoms with Gasteiger partial charge in [-0.3, -0.25) is 0 Å². The molecule has 6 heteroatoms. The molecule has 2 unspecified atom stereocenters. The van der Waals surface area contributed by atoms with Crippen LogP contribution in [-0.2, 0) is 5.60 Å². The Kier molecular flexibility index (Phi) is 3.80. The van der Waals surface area contributed by atoms with Gasteiger partial charge in [-0.15, -0.1) is 0 Å². The number of ether oxygens (including phenoxy) is 1. The third kappa shape index (κ3) is 2.80. The summed E-state index contributed by atoms with van der Waals surface area (Å²) < 4.78 is 5.23. The number of aryl methyl sites for hydroxylation is 1. The van der Waals surface area contributed by atoms with E-state index in [9.17, 15) is 5.11 Å². The maximum absolute atomic E-state index is 11.3. The van der Waals surface area contributed by atoms with Crippen LogP contribution in [0.15, 0.2) is 30.3 Å². The number of fused-ring (bicyclic) bond motifs is 2. The molecule has 132 valence electrons. The van der Waals surface area contributed by atoms with Crippen molar-refractivity contribution in [3.8, 4) is 5.75 Å². The van der Waals surface area contributed by atoms with Crippen LogP contribution in [0.4, 0.5) is 11.8 Å². The third-order valence-electron chi connectivity index (χ3n) is 5.52. The Bertz CT molecular complexity index is 743. The molecule has 0 aliphatic carbocycles.